The number of esters is 1. The van der Waals surface area contributed by atoms with E-state index in [9.17, 15) is 27.9 Å². The van der Waals surface area contributed by atoms with Gasteiger partial charge >= 0.3 is 12.0 Å². The van der Waals surface area contributed by atoms with Crippen molar-refractivity contribution in [2.75, 3.05) is 18.1 Å². The second kappa shape index (κ2) is 14.8. The van der Waals surface area contributed by atoms with Crippen LogP contribution in [0.5, 0.6) is 0 Å². The molecule has 0 aromatic rings. The Labute approximate surface area is 296 Å². The summed E-state index contributed by atoms with van der Waals surface area (Å²) < 4.78 is 37.5. The van der Waals surface area contributed by atoms with Crippen LogP contribution < -0.4 is 16.0 Å². The first kappa shape index (κ1) is 37.2. The fourth-order valence-corrected chi connectivity index (χ4v) is 13.6. The van der Waals surface area contributed by atoms with Crippen LogP contribution in [0.2, 0.25) is 0 Å². The van der Waals surface area contributed by atoms with E-state index in [-0.39, 0.29) is 59.6 Å². The van der Waals surface area contributed by atoms with Crippen molar-refractivity contribution in [2.45, 2.75) is 140 Å². The lowest BCUT2D eigenvalue weighted by atomic mass is 9.43. The summed E-state index contributed by atoms with van der Waals surface area (Å²) >= 11 is 1.90. The van der Waals surface area contributed by atoms with Crippen molar-refractivity contribution in [3.05, 3.63) is 0 Å². The van der Waals surface area contributed by atoms with Crippen LogP contribution in [-0.4, -0.2) is 83.6 Å². The number of aliphatic hydroxyl groups excluding tert-OH is 1. The number of carbonyl (C=O) groups excluding carboxylic acids is 3. The van der Waals surface area contributed by atoms with Crippen molar-refractivity contribution in [3.63, 3.8) is 0 Å². The molecule has 0 aromatic carbocycles. The Bertz CT molecular complexity index is 1350. The molecule has 278 valence electrons. The van der Waals surface area contributed by atoms with E-state index in [1.54, 1.807) is 0 Å². The first-order valence-electron chi connectivity index (χ1n) is 19.0. The molecular weight excluding hydrogens is 667 g/mol. The zero-order valence-corrected chi connectivity index (χ0v) is 31.2. The topological polar surface area (TPSA) is 171 Å². The van der Waals surface area contributed by atoms with Gasteiger partial charge in [0.05, 0.1) is 23.9 Å². The normalized spacial score (nSPS) is 41.8. The van der Waals surface area contributed by atoms with Crippen molar-refractivity contribution in [1.29, 1.82) is 0 Å². The van der Waals surface area contributed by atoms with Gasteiger partial charge in [0.15, 0.2) is 0 Å². The number of amides is 3. The van der Waals surface area contributed by atoms with Gasteiger partial charge in [-0.25, -0.2) is 4.79 Å². The lowest BCUT2D eigenvalue weighted by Gasteiger charge is -2.62. The number of nitrogens with one attached hydrogen (secondary N) is 3. The Balaban J connectivity index is 1.08. The molecule has 4 saturated carbocycles. The molecule has 6 aliphatic rings. The van der Waals surface area contributed by atoms with Crippen molar-refractivity contribution in [2.24, 2.45) is 46.3 Å². The van der Waals surface area contributed by atoms with E-state index in [1.165, 1.54) is 0 Å². The minimum atomic E-state index is -4.11. The van der Waals surface area contributed by atoms with Crippen molar-refractivity contribution >= 4 is 39.8 Å². The summed E-state index contributed by atoms with van der Waals surface area (Å²) in [6, 6.07) is 0.314. The van der Waals surface area contributed by atoms with Crippen LogP contribution in [0, 0.1) is 46.3 Å². The highest BCUT2D eigenvalue weighted by molar-refractivity contribution is 8.00. The third-order valence-corrected chi connectivity index (χ3v) is 16.5. The van der Waals surface area contributed by atoms with Gasteiger partial charge in [0.2, 0.25) is 5.91 Å². The summed E-state index contributed by atoms with van der Waals surface area (Å²) in [5.74, 6) is 2.46. The fraction of sp³-hybridized carbons (Fsp3) is 0.917. The monoisotopic (exact) mass is 725 g/mol. The van der Waals surface area contributed by atoms with E-state index in [0.717, 1.165) is 82.8 Å². The molecule has 5 N–H and O–H groups in total. The van der Waals surface area contributed by atoms with Gasteiger partial charge in [-0.05, 0) is 111 Å². The number of aliphatic hydroxyl groups is 1. The minimum Gasteiger partial charge on any atom is -0.462 e. The second-order valence-corrected chi connectivity index (χ2v) is 19.8. The molecule has 0 aromatic heterocycles. The summed E-state index contributed by atoms with van der Waals surface area (Å²) in [4.78, 5) is 37.7. The second-order valence-electron chi connectivity index (χ2n) is 16.9. The first-order valence-corrected chi connectivity index (χ1v) is 21.6. The number of fused-ring (bicyclic) bond motifs is 6. The molecule has 0 radical (unpaired) electrons. The predicted octanol–water partition coefficient (Wildman–Crippen LogP) is 4.67. The van der Waals surface area contributed by atoms with Crippen molar-refractivity contribution in [1.82, 2.24) is 16.0 Å². The molecule has 0 spiro atoms. The van der Waals surface area contributed by atoms with Gasteiger partial charge in [-0.15, -0.1) is 0 Å². The van der Waals surface area contributed by atoms with Gasteiger partial charge in [0.1, 0.15) is 6.10 Å². The van der Waals surface area contributed by atoms with E-state index in [4.69, 9.17) is 9.29 Å². The molecule has 13 heteroatoms. The molecule has 2 heterocycles. The van der Waals surface area contributed by atoms with Crippen LogP contribution in [0.3, 0.4) is 0 Å². The van der Waals surface area contributed by atoms with Crippen LogP contribution in [-0.2, 0) is 24.4 Å². The largest absolute Gasteiger partial charge is 0.462 e. The Kier molecular flexibility index (Phi) is 11.2. The number of rotatable bonds is 13. The van der Waals surface area contributed by atoms with Crippen molar-refractivity contribution < 1.29 is 37.2 Å². The highest BCUT2D eigenvalue weighted by Gasteiger charge is 2.63. The number of hydrogen-bond donors (Lipinski definition) is 5. The van der Waals surface area contributed by atoms with Gasteiger partial charge < -0.3 is 25.8 Å². The quantitative estimate of drug-likeness (QED) is 0.0784. The molecule has 6 fully saturated rings. The number of urea groups is 1. The smallest absolute Gasteiger partial charge is 0.315 e. The summed E-state index contributed by atoms with van der Waals surface area (Å²) in [6.07, 6.45) is 11.6. The molecule has 3 amide bonds. The number of ether oxygens (including phenoxy) is 1. The number of hydrogen-bond acceptors (Lipinski definition) is 8. The summed E-state index contributed by atoms with van der Waals surface area (Å²) in [6.45, 7) is 7.05. The number of thioether (sulfide) groups is 1. The average molecular weight is 726 g/mol. The van der Waals surface area contributed by atoms with E-state index in [2.05, 4.69) is 36.7 Å². The highest BCUT2D eigenvalue weighted by atomic mass is 32.2. The maximum Gasteiger partial charge on any atom is 0.315 e. The lowest BCUT2D eigenvalue weighted by Crippen LogP contribution is -2.59. The maximum absolute atomic E-state index is 13.5. The Hall–Kier alpha value is -1.57. The van der Waals surface area contributed by atoms with Gasteiger partial charge in [0.25, 0.3) is 10.1 Å². The zero-order valence-electron chi connectivity index (χ0n) is 29.5. The van der Waals surface area contributed by atoms with Crippen LogP contribution in [0.25, 0.3) is 0 Å². The Morgan fingerprint density at radius 1 is 1.04 bits per heavy atom. The van der Waals surface area contributed by atoms with Crippen molar-refractivity contribution in [3.8, 4) is 0 Å². The van der Waals surface area contributed by atoms with Gasteiger partial charge in [-0.1, -0.05) is 27.2 Å². The van der Waals surface area contributed by atoms with E-state index in [0.29, 0.717) is 53.6 Å². The molecule has 11 nitrogen and oxygen atoms in total. The van der Waals surface area contributed by atoms with Gasteiger partial charge in [0, 0.05) is 36.3 Å². The molecule has 2 saturated heterocycles. The predicted molar refractivity (Wildman–Crippen MR) is 188 cm³/mol. The van der Waals surface area contributed by atoms with Crippen LogP contribution in [0.1, 0.15) is 111 Å². The maximum atomic E-state index is 13.5. The standard InChI is InChI=1S/C36H59N3O8S2/c1-21(8-11-30(41)37-16-17-49(44,45)46)24-9-10-25-32-26(13-15-36(24,25)3)35(2)14-12-23(40)18-22(35)19-28(32)47-31(42)7-5-4-6-29-33-27(20-48-29)38-34(43)39-33/h21-29,32-33,40H,4-20H2,1-3H3,(H,37,41)(H2,38,39,43)(H,44,45,46)/t21-,22?,23-,24-,25+,26+,27+,28+,29+,32?,33-,35+,36-/m1/s1. The third kappa shape index (κ3) is 7.94. The van der Waals surface area contributed by atoms with Crippen LogP contribution in [0.15, 0.2) is 0 Å². The average Bonchev–Trinajstić information content (AvgIpc) is 3.70. The van der Waals surface area contributed by atoms with Crippen LogP contribution >= 0.6 is 11.8 Å². The van der Waals surface area contributed by atoms with Gasteiger partial charge in [-0.3, -0.25) is 14.1 Å². The SMILES string of the molecule is C[C@H](CCC(=O)NCCS(=O)(=O)O)[C@H]1CC[C@H]2C3[C@@H](OC(=O)CCCC[C@@H]4SC[C@@H]5NC(=O)N[C@H]54)CC4C[C@H](O)CC[C@]4(C)[C@H]3CC[C@]12C. The molecule has 6 rings (SSSR count). The first-order chi connectivity index (χ1) is 23.2. The Morgan fingerprint density at radius 3 is 2.57 bits per heavy atom. The van der Waals surface area contributed by atoms with E-state index >= 15 is 0 Å². The summed E-state index contributed by atoms with van der Waals surface area (Å²) in [7, 11) is -4.11. The zero-order chi connectivity index (χ0) is 35.1. The number of carbonyl (C=O) groups is 3. The molecule has 4 aliphatic carbocycles. The molecule has 49 heavy (non-hydrogen) atoms. The number of unbranched alkanes of at least 4 members (excludes halogenated alkanes) is 1. The molecule has 2 aliphatic heterocycles. The molecular formula is C36H59N3O8S2. The summed E-state index contributed by atoms with van der Waals surface area (Å²) in [5, 5.41) is 19.7. The highest BCUT2D eigenvalue weighted by Crippen LogP contribution is 2.68. The molecule has 2 unspecified atom stereocenters. The third-order valence-electron chi connectivity index (χ3n) is 14.2. The lowest BCUT2D eigenvalue weighted by molar-refractivity contribution is -0.195. The Morgan fingerprint density at radius 2 is 1.80 bits per heavy atom. The van der Waals surface area contributed by atoms with Gasteiger partial charge in [-0.2, -0.15) is 20.2 Å². The minimum absolute atomic E-state index is 0.0722. The van der Waals surface area contributed by atoms with E-state index < -0.39 is 15.9 Å². The molecule has 13 atom stereocenters. The fourth-order valence-electron chi connectivity index (χ4n) is 11.7. The van der Waals surface area contributed by atoms with Crippen LogP contribution in [0.4, 0.5) is 4.79 Å². The summed E-state index contributed by atoms with van der Waals surface area (Å²) in [5.41, 5.74) is 0.227. The van der Waals surface area contributed by atoms with E-state index in [1.807, 2.05) is 11.8 Å². The molecule has 0 bridgehead atoms.